The van der Waals surface area contributed by atoms with Gasteiger partial charge in [-0.3, -0.25) is 10.1 Å². The number of anilines is 1. The molecule has 82 valence electrons. The number of unbranched alkanes of at least 4 members (excludes halogenated alkanes) is 1. The molecule has 0 amide bonds. The molecule has 1 aromatic heterocycles. The van der Waals surface area contributed by atoms with Gasteiger partial charge in [-0.25, -0.2) is 4.98 Å². The third-order valence-electron chi connectivity index (χ3n) is 1.69. The van der Waals surface area contributed by atoms with Crippen LogP contribution in [0.3, 0.4) is 0 Å². The lowest BCUT2D eigenvalue weighted by molar-refractivity contribution is -0.388. The lowest BCUT2D eigenvalue weighted by Gasteiger charge is -2.01. The summed E-state index contributed by atoms with van der Waals surface area (Å²) in [4.78, 5) is 17.6. The highest BCUT2D eigenvalue weighted by atomic mass is 32.2. The van der Waals surface area contributed by atoms with E-state index in [9.17, 15) is 10.1 Å². The molecule has 1 aromatic rings. The van der Waals surface area contributed by atoms with Crippen LogP contribution in [0.5, 0.6) is 0 Å². The van der Waals surface area contributed by atoms with E-state index in [0.29, 0.717) is 5.03 Å². The highest BCUT2D eigenvalue weighted by Gasteiger charge is 2.16. The molecular weight excluding hydrogens is 216 g/mol. The van der Waals surface area contributed by atoms with E-state index < -0.39 is 4.92 Å². The maximum atomic E-state index is 10.6. The van der Waals surface area contributed by atoms with E-state index in [2.05, 4.69) is 16.9 Å². The van der Waals surface area contributed by atoms with Crippen LogP contribution >= 0.6 is 11.8 Å². The molecule has 0 aliphatic heterocycles. The number of aromatic nitrogens is 2. The van der Waals surface area contributed by atoms with Crippen molar-refractivity contribution in [3.63, 3.8) is 0 Å². The van der Waals surface area contributed by atoms with E-state index >= 15 is 0 Å². The second-order valence-corrected chi connectivity index (χ2v) is 3.96. The summed E-state index contributed by atoms with van der Waals surface area (Å²) in [5.74, 6) is 0.868. The normalized spacial score (nSPS) is 10.2. The van der Waals surface area contributed by atoms with E-state index in [-0.39, 0.29) is 11.6 Å². The van der Waals surface area contributed by atoms with Gasteiger partial charge in [-0.15, -0.1) is 0 Å². The molecular formula is C8H12N4O2S. The molecule has 0 unspecified atom stereocenters. The van der Waals surface area contributed by atoms with Gasteiger partial charge in [0.05, 0.1) is 4.92 Å². The second kappa shape index (κ2) is 5.50. The summed E-state index contributed by atoms with van der Waals surface area (Å²) < 4.78 is 0. The van der Waals surface area contributed by atoms with Crippen LogP contribution in [0.2, 0.25) is 0 Å². The first-order chi connectivity index (χ1) is 7.15. The first kappa shape index (κ1) is 11.7. The SMILES string of the molecule is CCCCSc1nc(N)ncc1[N+](=O)[O-]. The Morgan fingerprint density at radius 2 is 2.40 bits per heavy atom. The molecule has 0 spiro atoms. The zero-order chi connectivity index (χ0) is 11.3. The minimum atomic E-state index is -0.492. The van der Waals surface area contributed by atoms with E-state index in [1.54, 1.807) is 0 Å². The van der Waals surface area contributed by atoms with Gasteiger partial charge in [-0.05, 0) is 12.2 Å². The molecule has 0 saturated heterocycles. The van der Waals surface area contributed by atoms with Gasteiger partial charge in [0.15, 0.2) is 5.03 Å². The van der Waals surface area contributed by atoms with E-state index in [0.717, 1.165) is 24.8 Å². The Labute approximate surface area is 91.4 Å². The quantitative estimate of drug-likeness (QED) is 0.272. The number of nitro groups is 1. The maximum Gasteiger partial charge on any atom is 0.319 e. The molecule has 0 aromatic carbocycles. The Kier molecular flexibility index (Phi) is 4.29. The van der Waals surface area contributed by atoms with Crippen LogP contribution in [0.1, 0.15) is 19.8 Å². The molecule has 15 heavy (non-hydrogen) atoms. The van der Waals surface area contributed by atoms with Crippen molar-refractivity contribution in [2.75, 3.05) is 11.5 Å². The Hall–Kier alpha value is -1.37. The Morgan fingerprint density at radius 3 is 3.00 bits per heavy atom. The monoisotopic (exact) mass is 228 g/mol. The van der Waals surface area contributed by atoms with Crippen LogP contribution in [0, 0.1) is 10.1 Å². The molecule has 0 aliphatic rings. The zero-order valence-corrected chi connectivity index (χ0v) is 9.16. The third kappa shape index (κ3) is 3.35. The topological polar surface area (TPSA) is 94.9 Å². The van der Waals surface area contributed by atoms with E-state index in [1.165, 1.54) is 11.8 Å². The van der Waals surface area contributed by atoms with Gasteiger partial charge in [0.25, 0.3) is 0 Å². The molecule has 6 nitrogen and oxygen atoms in total. The molecule has 1 rings (SSSR count). The van der Waals surface area contributed by atoms with Crippen LogP contribution < -0.4 is 5.73 Å². The van der Waals surface area contributed by atoms with Crippen LogP contribution in [-0.4, -0.2) is 20.6 Å². The lowest BCUT2D eigenvalue weighted by Crippen LogP contribution is -2.00. The van der Waals surface area contributed by atoms with Crippen molar-refractivity contribution in [3.8, 4) is 0 Å². The lowest BCUT2D eigenvalue weighted by atomic mass is 10.4. The number of nitrogens with two attached hydrogens (primary N) is 1. The molecule has 0 saturated carbocycles. The minimum Gasteiger partial charge on any atom is -0.368 e. The summed E-state index contributed by atoms with van der Waals surface area (Å²) >= 11 is 1.34. The minimum absolute atomic E-state index is 0.0691. The fraction of sp³-hybridized carbons (Fsp3) is 0.500. The van der Waals surface area contributed by atoms with Gasteiger partial charge in [0.1, 0.15) is 6.20 Å². The smallest absolute Gasteiger partial charge is 0.319 e. The third-order valence-corrected chi connectivity index (χ3v) is 2.75. The standard InChI is InChI=1S/C8H12N4O2S/c1-2-3-4-15-7-6(12(13)14)5-10-8(9)11-7/h5H,2-4H2,1H3,(H2,9,10,11). The number of hydrogen-bond acceptors (Lipinski definition) is 6. The molecule has 0 aliphatic carbocycles. The summed E-state index contributed by atoms with van der Waals surface area (Å²) in [5.41, 5.74) is 5.30. The van der Waals surface area contributed by atoms with Crippen LogP contribution in [0.15, 0.2) is 11.2 Å². The first-order valence-corrected chi connectivity index (χ1v) is 5.53. The highest BCUT2D eigenvalue weighted by molar-refractivity contribution is 7.99. The fourth-order valence-electron chi connectivity index (χ4n) is 0.917. The summed E-state index contributed by atoms with van der Waals surface area (Å²) in [6.07, 6.45) is 3.18. The van der Waals surface area contributed by atoms with Crippen LogP contribution in [-0.2, 0) is 0 Å². The van der Waals surface area contributed by atoms with Gasteiger partial charge in [-0.2, -0.15) is 4.98 Å². The predicted molar refractivity (Wildman–Crippen MR) is 58.7 cm³/mol. The Balaban J connectivity index is 2.82. The van der Waals surface area contributed by atoms with Crippen LogP contribution in [0.25, 0.3) is 0 Å². The van der Waals surface area contributed by atoms with Gasteiger partial charge in [0.2, 0.25) is 5.95 Å². The summed E-state index contributed by atoms with van der Waals surface area (Å²) in [7, 11) is 0. The van der Waals surface area contributed by atoms with Crippen molar-refractivity contribution in [2.24, 2.45) is 0 Å². The molecule has 7 heteroatoms. The average Bonchev–Trinajstić information content (AvgIpc) is 2.18. The summed E-state index contributed by atoms with van der Waals surface area (Å²) in [6, 6.07) is 0. The number of thioether (sulfide) groups is 1. The summed E-state index contributed by atoms with van der Waals surface area (Å²) in [5, 5.41) is 11.0. The number of rotatable bonds is 5. The first-order valence-electron chi connectivity index (χ1n) is 4.55. The largest absolute Gasteiger partial charge is 0.368 e. The predicted octanol–water partition coefficient (Wildman–Crippen LogP) is 1.86. The molecule has 1 heterocycles. The van der Waals surface area contributed by atoms with E-state index in [1.807, 2.05) is 0 Å². The van der Waals surface area contributed by atoms with Crippen molar-refractivity contribution in [1.82, 2.24) is 9.97 Å². The average molecular weight is 228 g/mol. The van der Waals surface area contributed by atoms with Gasteiger partial charge in [-0.1, -0.05) is 25.1 Å². The fourth-order valence-corrected chi connectivity index (χ4v) is 1.98. The zero-order valence-electron chi connectivity index (χ0n) is 8.34. The molecule has 0 fully saturated rings. The molecule has 0 radical (unpaired) electrons. The molecule has 0 atom stereocenters. The van der Waals surface area contributed by atoms with E-state index in [4.69, 9.17) is 5.73 Å². The molecule has 2 N–H and O–H groups in total. The number of nitrogens with zero attached hydrogens (tertiary/aromatic N) is 3. The summed E-state index contributed by atoms with van der Waals surface area (Å²) in [6.45, 7) is 2.06. The number of hydrogen-bond donors (Lipinski definition) is 1. The van der Waals surface area contributed by atoms with Crippen molar-refractivity contribution < 1.29 is 4.92 Å². The van der Waals surface area contributed by atoms with Gasteiger partial charge >= 0.3 is 5.69 Å². The second-order valence-electron chi connectivity index (χ2n) is 2.88. The van der Waals surface area contributed by atoms with Crippen molar-refractivity contribution >= 4 is 23.4 Å². The molecule has 0 bridgehead atoms. The van der Waals surface area contributed by atoms with Gasteiger partial charge < -0.3 is 5.73 Å². The van der Waals surface area contributed by atoms with Gasteiger partial charge in [0, 0.05) is 0 Å². The Morgan fingerprint density at radius 1 is 1.67 bits per heavy atom. The maximum absolute atomic E-state index is 10.6. The Bertz CT molecular complexity index is 358. The number of nitrogen functional groups attached to an aromatic ring is 1. The highest BCUT2D eigenvalue weighted by Crippen LogP contribution is 2.27. The van der Waals surface area contributed by atoms with Crippen molar-refractivity contribution in [2.45, 2.75) is 24.8 Å². The van der Waals surface area contributed by atoms with Crippen molar-refractivity contribution in [3.05, 3.63) is 16.3 Å². The van der Waals surface area contributed by atoms with Crippen molar-refractivity contribution in [1.29, 1.82) is 0 Å². The van der Waals surface area contributed by atoms with Crippen LogP contribution in [0.4, 0.5) is 11.6 Å².